The summed E-state index contributed by atoms with van der Waals surface area (Å²) in [5.41, 5.74) is 2.61. The molecule has 0 unspecified atom stereocenters. The van der Waals surface area contributed by atoms with Gasteiger partial charge in [0.1, 0.15) is 12.1 Å². The zero-order valence-electron chi connectivity index (χ0n) is 14.3. The minimum absolute atomic E-state index is 0.209. The summed E-state index contributed by atoms with van der Waals surface area (Å²) in [5, 5.41) is 14.9. The fourth-order valence-corrected chi connectivity index (χ4v) is 3.12. The van der Waals surface area contributed by atoms with E-state index in [4.69, 9.17) is 0 Å². The van der Waals surface area contributed by atoms with Crippen molar-refractivity contribution in [3.05, 3.63) is 78.0 Å². The van der Waals surface area contributed by atoms with Crippen LogP contribution in [0, 0.1) is 5.82 Å². The molecular weight excluding hydrogens is 347 g/mol. The van der Waals surface area contributed by atoms with Gasteiger partial charge in [-0.15, -0.1) is 5.10 Å². The third-order valence-corrected chi connectivity index (χ3v) is 4.42. The number of nitrogens with zero attached hydrogens (tertiary/aromatic N) is 4. The average Bonchev–Trinajstić information content (AvgIpc) is 3.33. The molecule has 7 nitrogen and oxygen atoms in total. The lowest BCUT2D eigenvalue weighted by Crippen LogP contribution is -2.34. The summed E-state index contributed by atoms with van der Waals surface area (Å²) in [6, 6.07) is 13.3. The van der Waals surface area contributed by atoms with Crippen molar-refractivity contribution in [2.45, 2.75) is 12.5 Å². The lowest BCUT2D eigenvalue weighted by atomic mass is 10.1. The Bertz CT molecular complexity index is 1040. The minimum atomic E-state index is -0.651. The van der Waals surface area contributed by atoms with Crippen LogP contribution in [0.3, 0.4) is 0 Å². The maximum absolute atomic E-state index is 13.5. The van der Waals surface area contributed by atoms with Crippen molar-refractivity contribution in [3.8, 4) is 0 Å². The summed E-state index contributed by atoms with van der Waals surface area (Å²) in [6.07, 6.45) is 3.83. The fourth-order valence-electron chi connectivity index (χ4n) is 3.12. The van der Waals surface area contributed by atoms with Gasteiger partial charge in [-0.1, -0.05) is 30.3 Å². The summed E-state index contributed by atoms with van der Waals surface area (Å²) in [4.78, 5) is 15.9. The molecule has 1 atom stereocenters. The van der Waals surface area contributed by atoms with Crippen molar-refractivity contribution in [1.82, 2.24) is 30.5 Å². The summed E-state index contributed by atoms with van der Waals surface area (Å²) < 4.78 is 14.9. The first-order valence-corrected chi connectivity index (χ1v) is 8.53. The molecule has 1 amide bonds. The van der Waals surface area contributed by atoms with Gasteiger partial charge in [0, 0.05) is 23.6 Å². The number of aromatic amines is 1. The van der Waals surface area contributed by atoms with Crippen LogP contribution in [0.25, 0.3) is 10.9 Å². The highest BCUT2D eigenvalue weighted by Gasteiger charge is 2.23. The second-order valence-corrected chi connectivity index (χ2v) is 6.15. The van der Waals surface area contributed by atoms with Crippen LogP contribution in [0.2, 0.25) is 0 Å². The van der Waals surface area contributed by atoms with E-state index < -0.39 is 6.04 Å². The van der Waals surface area contributed by atoms with Crippen molar-refractivity contribution >= 4 is 16.8 Å². The van der Waals surface area contributed by atoms with E-state index in [0.717, 1.165) is 22.0 Å². The van der Waals surface area contributed by atoms with Gasteiger partial charge in [-0.25, -0.2) is 9.07 Å². The zero-order valence-corrected chi connectivity index (χ0v) is 14.3. The van der Waals surface area contributed by atoms with Gasteiger partial charge < -0.3 is 10.3 Å². The Morgan fingerprint density at radius 3 is 2.85 bits per heavy atom. The largest absolute Gasteiger partial charge is 0.361 e. The van der Waals surface area contributed by atoms with E-state index in [1.807, 2.05) is 36.5 Å². The molecule has 0 saturated carbocycles. The molecule has 27 heavy (non-hydrogen) atoms. The number of benzene rings is 2. The Balaban J connectivity index is 1.48. The Labute approximate surface area is 154 Å². The number of hydrogen-bond acceptors (Lipinski definition) is 4. The van der Waals surface area contributed by atoms with Crippen molar-refractivity contribution in [2.75, 3.05) is 6.54 Å². The lowest BCUT2D eigenvalue weighted by molar-refractivity contribution is -0.123. The van der Waals surface area contributed by atoms with Gasteiger partial charge in [0.15, 0.2) is 6.04 Å². The van der Waals surface area contributed by atoms with E-state index in [-0.39, 0.29) is 11.7 Å². The van der Waals surface area contributed by atoms with Crippen LogP contribution >= 0.6 is 0 Å². The van der Waals surface area contributed by atoms with Crippen LogP contribution in [-0.4, -0.2) is 37.6 Å². The third-order valence-electron chi connectivity index (χ3n) is 4.42. The van der Waals surface area contributed by atoms with E-state index in [0.29, 0.717) is 13.0 Å². The van der Waals surface area contributed by atoms with E-state index >= 15 is 0 Å². The van der Waals surface area contributed by atoms with Gasteiger partial charge in [-0.2, -0.15) is 0 Å². The Morgan fingerprint density at radius 2 is 2.07 bits per heavy atom. The maximum Gasteiger partial charge on any atom is 0.249 e. The number of rotatable bonds is 6. The molecule has 2 heterocycles. The molecular formula is C19H17FN6O. The number of tetrazole rings is 1. The van der Waals surface area contributed by atoms with Crippen LogP contribution in [0.15, 0.2) is 61.1 Å². The van der Waals surface area contributed by atoms with Gasteiger partial charge in [0.05, 0.1) is 0 Å². The molecule has 4 aromatic rings. The summed E-state index contributed by atoms with van der Waals surface area (Å²) in [5.74, 6) is -0.491. The molecule has 136 valence electrons. The van der Waals surface area contributed by atoms with Crippen LogP contribution < -0.4 is 5.32 Å². The lowest BCUT2D eigenvalue weighted by Gasteiger charge is -2.16. The molecule has 0 aliphatic rings. The Morgan fingerprint density at radius 1 is 1.22 bits per heavy atom. The van der Waals surface area contributed by atoms with E-state index in [9.17, 15) is 9.18 Å². The second kappa shape index (κ2) is 7.36. The molecule has 0 saturated heterocycles. The standard InChI is InChI=1S/C19H17FN6O/c20-15-6-7-17-16(10-15)14(11-22-17)8-9-21-19(27)18(26-12-23-24-25-26)13-4-2-1-3-5-13/h1-7,10-12,18,22H,8-9H2,(H,21,27)/t18-/m0/s1. The predicted octanol–water partition coefficient (Wildman–Crippen LogP) is 2.24. The highest BCUT2D eigenvalue weighted by atomic mass is 19.1. The molecule has 0 aliphatic carbocycles. The molecule has 4 rings (SSSR count). The van der Waals surface area contributed by atoms with Crippen LogP contribution in [0.4, 0.5) is 4.39 Å². The fraction of sp³-hybridized carbons (Fsp3) is 0.158. The van der Waals surface area contributed by atoms with Gasteiger partial charge in [0.25, 0.3) is 0 Å². The summed E-state index contributed by atoms with van der Waals surface area (Å²) >= 11 is 0. The van der Waals surface area contributed by atoms with Crippen LogP contribution in [-0.2, 0) is 11.2 Å². The monoisotopic (exact) mass is 364 g/mol. The molecule has 2 N–H and O–H groups in total. The predicted molar refractivity (Wildman–Crippen MR) is 97.4 cm³/mol. The molecule has 0 radical (unpaired) electrons. The Hall–Kier alpha value is -3.55. The van der Waals surface area contributed by atoms with Crippen molar-refractivity contribution in [2.24, 2.45) is 0 Å². The second-order valence-electron chi connectivity index (χ2n) is 6.15. The number of nitrogens with one attached hydrogen (secondary N) is 2. The number of hydrogen-bond donors (Lipinski definition) is 2. The number of carbonyl (C=O) groups is 1. The van der Waals surface area contributed by atoms with Crippen molar-refractivity contribution in [3.63, 3.8) is 0 Å². The normalized spacial score (nSPS) is 12.2. The molecule has 8 heteroatoms. The summed E-state index contributed by atoms with van der Waals surface area (Å²) in [6.45, 7) is 0.410. The number of amides is 1. The third kappa shape index (κ3) is 3.55. The molecule has 0 fully saturated rings. The van der Waals surface area contributed by atoms with Gasteiger partial charge >= 0.3 is 0 Å². The topological polar surface area (TPSA) is 88.5 Å². The van der Waals surface area contributed by atoms with E-state index in [2.05, 4.69) is 25.8 Å². The number of H-pyrrole nitrogens is 1. The number of aromatic nitrogens is 5. The first-order chi connectivity index (χ1) is 13.2. The van der Waals surface area contributed by atoms with Crippen molar-refractivity contribution in [1.29, 1.82) is 0 Å². The molecule has 0 bridgehead atoms. The maximum atomic E-state index is 13.5. The number of carbonyl (C=O) groups excluding carboxylic acids is 1. The molecule has 0 aliphatic heterocycles. The first-order valence-electron chi connectivity index (χ1n) is 8.53. The molecule has 0 spiro atoms. The average molecular weight is 364 g/mol. The van der Waals surface area contributed by atoms with E-state index in [1.54, 1.807) is 6.07 Å². The highest BCUT2D eigenvalue weighted by Crippen LogP contribution is 2.20. The zero-order chi connectivity index (χ0) is 18.6. The first kappa shape index (κ1) is 16.9. The van der Waals surface area contributed by atoms with Gasteiger partial charge in [0.2, 0.25) is 5.91 Å². The smallest absolute Gasteiger partial charge is 0.249 e. The van der Waals surface area contributed by atoms with Crippen molar-refractivity contribution < 1.29 is 9.18 Å². The highest BCUT2D eigenvalue weighted by molar-refractivity contribution is 5.84. The molecule has 2 aromatic carbocycles. The van der Waals surface area contributed by atoms with Crippen LogP contribution in [0.1, 0.15) is 17.2 Å². The van der Waals surface area contributed by atoms with E-state index in [1.165, 1.54) is 23.1 Å². The number of fused-ring (bicyclic) bond motifs is 1. The van der Waals surface area contributed by atoms with Gasteiger partial charge in [-0.3, -0.25) is 4.79 Å². The Kier molecular flexibility index (Phi) is 4.61. The quantitative estimate of drug-likeness (QED) is 0.549. The number of halogens is 1. The minimum Gasteiger partial charge on any atom is -0.361 e. The van der Waals surface area contributed by atoms with Crippen LogP contribution in [0.5, 0.6) is 0 Å². The SMILES string of the molecule is O=C(NCCc1c[nH]c2ccc(F)cc12)[C@H](c1ccccc1)n1cnnn1. The molecule has 2 aromatic heterocycles. The van der Waals surface area contributed by atoms with Gasteiger partial charge in [-0.05, 0) is 46.2 Å². The summed E-state index contributed by atoms with van der Waals surface area (Å²) in [7, 11) is 0.